The third kappa shape index (κ3) is 2.48. The van der Waals surface area contributed by atoms with Gasteiger partial charge in [-0.25, -0.2) is 8.78 Å². The van der Waals surface area contributed by atoms with Gasteiger partial charge < -0.3 is 5.11 Å². The van der Waals surface area contributed by atoms with E-state index in [2.05, 4.69) is 0 Å². The van der Waals surface area contributed by atoms with Crippen LogP contribution in [0.1, 0.15) is 17.2 Å². The van der Waals surface area contributed by atoms with Crippen molar-refractivity contribution in [1.82, 2.24) is 0 Å². The Hall–Kier alpha value is -1.16. The van der Waals surface area contributed by atoms with Crippen LogP contribution in [-0.2, 0) is 0 Å². The van der Waals surface area contributed by atoms with E-state index in [-0.39, 0.29) is 21.2 Å². The molecule has 0 heterocycles. The summed E-state index contributed by atoms with van der Waals surface area (Å²) in [7, 11) is 0. The minimum absolute atomic E-state index is 0.184. The highest BCUT2D eigenvalue weighted by Crippen LogP contribution is 2.34. The van der Waals surface area contributed by atoms with Gasteiger partial charge in [0.15, 0.2) is 11.6 Å². The van der Waals surface area contributed by atoms with Crippen molar-refractivity contribution in [1.29, 1.82) is 0 Å². The topological polar surface area (TPSA) is 20.2 Å². The lowest BCUT2D eigenvalue weighted by molar-refractivity contribution is 0.219. The number of rotatable bonds is 2. The molecule has 0 saturated heterocycles. The summed E-state index contributed by atoms with van der Waals surface area (Å²) in [6, 6.07) is 7.89. The zero-order valence-corrected chi connectivity index (χ0v) is 10.5. The number of hydrogen-bond acceptors (Lipinski definition) is 1. The van der Waals surface area contributed by atoms with E-state index in [9.17, 15) is 13.9 Å². The molecule has 1 unspecified atom stereocenters. The standard InChI is InChI=1S/C13H8Cl2F2O/c14-8-2-1-3-9(15)12(8)13(18)7-4-5-10(16)11(17)6-7/h1-6,13,18H. The van der Waals surface area contributed by atoms with Crippen LogP contribution in [0.2, 0.25) is 10.0 Å². The van der Waals surface area contributed by atoms with Crippen molar-refractivity contribution in [2.45, 2.75) is 6.10 Å². The van der Waals surface area contributed by atoms with Crippen molar-refractivity contribution in [3.8, 4) is 0 Å². The summed E-state index contributed by atoms with van der Waals surface area (Å²) in [5, 5.41) is 10.6. The molecule has 0 aliphatic rings. The van der Waals surface area contributed by atoms with Crippen LogP contribution >= 0.6 is 23.2 Å². The second-order valence-corrected chi connectivity index (χ2v) is 4.53. The Balaban J connectivity index is 2.48. The van der Waals surface area contributed by atoms with E-state index in [1.54, 1.807) is 18.2 Å². The van der Waals surface area contributed by atoms with E-state index in [4.69, 9.17) is 23.2 Å². The largest absolute Gasteiger partial charge is 0.384 e. The molecular weight excluding hydrogens is 281 g/mol. The maximum absolute atomic E-state index is 13.1. The van der Waals surface area contributed by atoms with Crippen LogP contribution in [0, 0.1) is 11.6 Å². The van der Waals surface area contributed by atoms with Crippen molar-refractivity contribution in [3.05, 3.63) is 69.2 Å². The predicted molar refractivity (Wildman–Crippen MR) is 66.9 cm³/mol. The summed E-state index contributed by atoms with van der Waals surface area (Å²) in [5.41, 5.74) is 0.454. The van der Waals surface area contributed by atoms with E-state index in [1.807, 2.05) is 0 Å². The van der Waals surface area contributed by atoms with Crippen molar-refractivity contribution in [2.75, 3.05) is 0 Å². The summed E-state index contributed by atoms with van der Waals surface area (Å²) in [6.07, 6.45) is -1.21. The molecule has 0 saturated carbocycles. The fraction of sp³-hybridized carbons (Fsp3) is 0.0769. The van der Waals surface area contributed by atoms with Gasteiger partial charge in [-0.05, 0) is 29.8 Å². The minimum Gasteiger partial charge on any atom is -0.384 e. The molecule has 1 atom stereocenters. The lowest BCUT2D eigenvalue weighted by Crippen LogP contribution is -2.02. The lowest BCUT2D eigenvalue weighted by Gasteiger charge is -2.15. The Kier molecular flexibility index (Phi) is 3.85. The molecule has 0 radical (unpaired) electrons. The van der Waals surface area contributed by atoms with Crippen molar-refractivity contribution in [2.24, 2.45) is 0 Å². The number of aliphatic hydroxyl groups is 1. The SMILES string of the molecule is OC(c1ccc(F)c(F)c1)c1c(Cl)cccc1Cl. The first-order valence-corrected chi connectivity index (χ1v) is 5.83. The summed E-state index contributed by atoms with van der Waals surface area (Å²) < 4.78 is 25.9. The van der Waals surface area contributed by atoms with Gasteiger partial charge in [0.25, 0.3) is 0 Å². The molecule has 18 heavy (non-hydrogen) atoms. The molecule has 0 amide bonds. The molecule has 2 aromatic rings. The molecule has 2 rings (SSSR count). The van der Waals surface area contributed by atoms with Gasteiger partial charge in [-0.2, -0.15) is 0 Å². The van der Waals surface area contributed by atoms with E-state index < -0.39 is 17.7 Å². The van der Waals surface area contributed by atoms with Gasteiger partial charge in [-0.15, -0.1) is 0 Å². The van der Waals surface area contributed by atoms with Gasteiger partial charge in [0.05, 0.1) is 0 Å². The second kappa shape index (κ2) is 5.22. The first-order chi connectivity index (χ1) is 8.50. The van der Waals surface area contributed by atoms with E-state index in [0.29, 0.717) is 0 Å². The maximum Gasteiger partial charge on any atom is 0.159 e. The Labute approximate surface area is 113 Å². The number of benzene rings is 2. The lowest BCUT2D eigenvalue weighted by atomic mass is 10.0. The molecule has 5 heteroatoms. The fourth-order valence-electron chi connectivity index (χ4n) is 1.62. The number of aliphatic hydroxyl groups excluding tert-OH is 1. The summed E-state index contributed by atoms with van der Waals surface area (Å²) in [6.45, 7) is 0. The Morgan fingerprint density at radius 1 is 0.944 bits per heavy atom. The normalized spacial score (nSPS) is 12.5. The molecule has 0 bridgehead atoms. The molecule has 0 fully saturated rings. The predicted octanol–water partition coefficient (Wildman–Crippen LogP) is 4.35. The Bertz CT molecular complexity index is 567. The van der Waals surface area contributed by atoms with Crippen LogP contribution in [0.15, 0.2) is 36.4 Å². The summed E-state index contributed by atoms with van der Waals surface area (Å²) in [5.74, 6) is -2.01. The first kappa shape index (κ1) is 13.3. The Morgan fingerprint density at radius 3 is 2.11 bits per heavy atom. The Morgan fingerprint density at radius 2 is 1.56 bits per heavy atom. The maximum atomic E-state index is 13.1. The second-order valence-electron chi connectivity index (χ2n) is 3.71. The van der Waals surface area contributed by atoms with Crippen LogP contribution in [-0.4, -0.2) is 5.11 Å². The number of halogens is 4. The van der Waals surface area contributed by atoms with Crippen LogP contribution in [0.5, 0.6) is 0 Å². The molecule has 0 spiro atoms. The van der Waals surface area contributed by atoms with E-state index in [0.717, 1.165) is 12.1 Å². The monoisotopic (exact) mass is 288 g/mol. The smallest absolute Gasteiger partial charge is 0.159 e. The van der Waals surface area contributed by atoms with Gasteiger partial charge in [-0.3, -0.25) is 0 Å². The zero-order chi connectivity index (χ0) is 13.3. The third-order valence-electron chi connectivity index (χ3n) is 2.53. The molecule has 0 aliphatic heterocycles. The first-order valence-electron chi connectivity index (χ1n) is 5.07. The van der Waals surface area contributed by atoms with Crippen LogP contribution in [0.3, 0.4) is 0 Å². The van der Waals surface area contributed by atoms with E-state index >= 15 is 0 Å². The molecule has 0 aliphatic carbocycles. The van der Waals surface area contributed by atoms with Crippen molar-refractivity contribution >= 4 is 23.2 Å². The average molecular weight is 289 g/mol. The minimum atomic E-state index is -1.21. The average Bonchev–Trinajstić information content (AvgIpc) is 2.32. The van der Waals surface area contributed by atoms with Gasteiger partial charge in [0, 0.05) is 15.6 Å². The molecular formula is C13H8Cl2F2O. The highest BCUT2D eigenvalue weighted by molar-refractivity contribution is 6.36. The van der Waals surface area contributed by atoms with Crippen LogP contribution in [0.4, 0.5) is 8.78 Å². The third-order valence-corrected chi connectivity index (χ3v) is 3.19. The van der Waals surface area contributed by atoms with Gasteiger partial charge >= 0.3 is 0 Å². The molecule has 0 aromatic heterocycles. The van der Waals surface area contributed by atoms with Crippen molar-refractivity contribution < 1.29 is 13.9 Å². The summed E-state index contributed by atoms with van der Waals surface area (Å²) >= 11 is 11.9. The van der Waals surface area contributed by atoms with Crippen LogP contribution in [0.25, 0.3) is 0 Å². The van der Waals surface area contributed by atoms with Gasteiger partial charge in [0.1, 0.15) is 6.10 Å². The van der Waals surface area contributed by atoms with Crippen LogP contribution < -0.4 is 0 Å². The molecule has 1 N–H and O–H groups in total. The summed E-state index contributed by atoms with van der Waals surface area (Å²) in [4.78, 5) is 0. The number of hydrogen-bond donors (Lipinski definition) is 1. The highest BCUT2D eigenvalue weighted by Gasteiger charge is 2.18. The van der Waals surface area contributed by atoms with Gasteiger partial charge in [0.2, 0.25) is 0 Å². The molecule has 94 valence electrons. The quantitative estimate of drug-likeness (QED) is 0.871. The zero-order valence-electron chi connectivity index (χ0n) is 9.00. The van der Waals surface area contributed by atoms with Crippen molar-refractivity contribution in [3.63, 3.8) is 0 Å². The molecule has 2 aromatic carbocycles. The molecule has 1 nitrogen and oxygen atoms in total. The highest BCUT2D eigenvalue weighted by atomic mass is 35.5. The fourth-order valence-corrected chi connectivity index (χ4v) is 2.23. The van der Waals surface area contributed by atoms with Gasteiger partial charge in [-0.1, -0.05) is 35.3 Å². The van der Waals surface area contributed by atoms with E-state index in [1.165, 1.54) is 6.07 Å².